The first kappa shape index (κ1) is 11.0. The van der Waals surface area contributed by atoms with E-state index in [2.05, 4.69) is 34.4 Å². The molecule has 0 fully saturated rings. The Hall–Kier alpha value is -2.13. The Morgan fingerprint density at radius 3 is 2.67 bits per heavy atom. The number of pyridine rings is 1. The van der Waals surface area contributed by atoms with Crippen LogP contribution in [-0.4, -0.2) is 16.5 Å². The molecule has 0 radical (unpaired) electrons. The molecule has 3 N–H and O–H groups in total. The fraction of sp³-hybridized carbons (Fsp3) is 0.133. The summed E-state index contributed by atoms with van der Waals surface area (Å²) < 4.78 is 0. The van der Waals surface area contributed by atoms with Crippen LogP contribution in [0.15, 0.2) is 55.0 Å². The third-order valence-electron chi connectivity index (χ3n) is 3.34. The number of hydrogen-bond acceptors (Lipinski definition) is 2. The minimum absolute atomic E-state index is 0.212. The lowest BCUT2D eigenvalue weighted by atomic mass is 9.92. The van der Waals surface area contributed by atoms with Crippen molar-refractivity contribution in [2.24, 2.45) is 5.73 Å². The van der Waals surface area contributed by atoms with Gasteiger partial charge in [0, 0.05) is 42.0 Å². The zero-order valence-electron chi connectivity index (χ0n) is 10.0. The number of rotatable bonds is 3. The van der Waals surface area contributed by atoms with E-state index < -0.39 is 0 Å². The molecule has 2 heterocycles. The van der Waals surface area contributed by atoms with Gasteiger partial charge < -0.3 is 10.7 Å². The molecule has 90 valence electrons. The predicted molar refractivity (Wildman–Crippen MR) is 73.4 cm³/mol. The Kier molecular flexibility index (Phi) is 2.82. The lowest BCUT2D eigenvalue weighted by molar-refractivity contribution is 0.823. The molecule has 0 spiro atoms. The van der Waals surface area contributed by atoms with Crippen molar-refractivity contribution >= 4 is 10.9 Å². The van der Waals surface area contributed by atoms with Crippen LogP contribution in [0.4, 0.5) is 0 Å². The maximum atomic E-state index is 5.95. The molecule has 2 aromatic heterocycles. The summed E-state index contributed by atoms with van der Waals surface area (Å²) in [6.45, 7) is 0.589. The van der Waals surface area contributed by atoms with E-state index in [9.17, 15) is 0 Å². The Morgan fingerprint density at radius 1 is 1.11 bits per heavy atom. The van der Waals surface area contributed by atoms with Gasteiger partial charge in [0.1, 0.15) is 0 Å². The molecule has 1 unspecified atom stereocenters. The first-order valence-corrected chi connectivity index (χ1v) is 6.06. The molecular formula is C15H15N3. The summed E-state index contributed by atoms with van der Waals surface area (Å²) >= 11 is 0. The normalized spacial score (nSPS) is 12.7. The fourth-order valence-electron chi connectivity index (χ4n) is 2.42. The summed E-state index contributed by atoms with van der Waals surface area (Å²) in [6.07, 6.45) is 5.68. The van der Waals surface area contributed by atoms with E-state index in [4.69, 9.17) is 5.73 Å². The second kappa shape index (κ2) is 4.63. The molecule has 18 heavy (non-hydrogen) atoms. The lowest BCUT2D eigenvalue weighted by Gasteiger charge is -2.14. The molecule has 0 bridgehead atoms. The van der Waals surface area contributed by atoms with Crippen LogP contribution in [0.3, 0.4) is 0 Å². The summed E-state index contributed by atoms with van der Waals surface area (Å²) in [6, 6.07) is 12.4. The number of H-pyrrole nitrogens is 1. The number of benzene rings is 1. The highest BCUT2D eigenvalue weighted by Gasteiger charge is 2.15. The van der Waals surface area contributed by atoms with Crippen molar-refractivity contribution in [1.29, 1.82) is 0 Å². The van der Waals surface area contributed by atoms with Crippen LogP contribution in [0.2, 0.25) is 0 Å². The van der Waals surface area contributed by atoms with Crippen LogP contribution in [-0.2, 0) is 0 Å². The summed E-state index contributed by atoms with van der Waals surface area (Å²) in [5.41, 5.74) is 9.56. The Bertz CT molecular complexity index is 643. The number of para-hydroxylation sites is 1. The minimum atomic E-state index is 0.212. The van der Waals surface area contributed by atoms with Crippen molar-refractivity contribution < 1.29 is 0 Å². The summed E-state index contributed by atoms with van der Waals surface area (Å²) in [5, 5.41) is 1.24. The molecule has 0 aliphatic heterocycles. The Labute approximate surface area is 106 Å². The van der Waals surface area contributed by atoms with Crippen LogP contribution in [0.5, 0.6) is 0 Å². The molecule has 3 heteroatoms. The van der Waals surface area contributed by atoms with E-state index in [1.807, 2.05) is 30.6 Å². The fourth-order valence-corrected chi connectivity index (χ4v) is 2.42. The smallest absolute Gasteiger partial charge is 0.0457 e. The first-order valence-electron chi connectivity index (χ1n) is 6.06. The highest BCUT2D eigenvalue weighted by molar-refractivity contribution is 5.84. The van der Waals surface area contributed by atoms with Crippen molar-refractivity contribution in [1.82, 2.24) is 9.97 Å². The quantitative estimate of drug-likeness (QED) is 0.735. The average Bonchev–Trinajstić information content (AvgIpc) is 2.85. The van der Waals surface area contributed by atoms with E-state index in [0.717, 1.165) is 5.52 Å². The third-order valence-corrected chi connectivity index (χ3v) is 3.34. The van der Waals surface area contributed by atoms with Gasteiger partial charge in [-0.3, -0.25) is 4.98 Å². The van der Waals surface area contributed by atoms with E-state index in [-0.39, 0.29) is 5.92 Å². The van der Waals surface area contributed by atoms with Crippen molar-refractivity contribution in [3.63, 3.8) is 0 Å². The lowest BCUT2D eigenvalue weighted by Crippen LogP contribution is -2.13. The molecule has 0 aliphatic rings. The topological polar surface area (TPSA) is 54.7 Å². The van der Waals surface area contributed by atoms with E-state index in [0.29, 0.717) is 6.54 Å². The number of aromatic nitrogens is 2. The molecule has 1 atom stereocenters. The maximum absolute atomic E-state index is 5.95. The molecule has 0 amide bonds. The van der Waals surface area contributed by atoms with Gasteiger partial charge in [-0.15, -0.1) is 0 Å². The predicted octanol–water partition coefficient (Wildman–Crippen LogP) is 2.65. The van der Waals surface area contributed by atoms with Crippen molar-refractivity contribution in [3.8, 4) is 0 Å². The molecule has 0 saturated heterocycles. The van der Waals surface area contributed by atoms with Gasteiger partial charge in [-0.2, -0.15) is 0 Å². The Morgan fingerprint density at radius 2 is 1.89 bits per heavy atom. The van der Waals surface area contributed by atoms with Gasteiger partial charge in [0.25, 0.3) is 0 Å². The van der Waals surface area contributed by atoms with Crippen molar-refractivity contribution in [3.05, 3.63) is 66.1 Å². The molecule has 3 rings (SSSR count). The van der Waals surface area contributed by atoms with Crippen LogP contribution in [0, 0.1) is 0 Å². The largest absolute Gasteiger partial charge is 0.361 e. The minimum Gasteiger partial charge on any atom is -0.361 e. The number of fused-ring (bicyclic) bond motifs is 1. The van der Waals surface area contributed by atoms with E-state index in [1.54, 1.807) is 0 Å². The summed E-state index contributed by atoms with van der Waals surface area (Å²) in [7, 11) is 0. The average molecular weight is 237 g/mol. The SMILES string of the molecule is NCC(c1ccncc1)c1c[nH]c2ccccc12. The molecule has 3 nitrogen and oxygen atoms in total. The Balaban J connectivity index is 2.12. The maximum Gasteiger partial charge on any atom is 0.0457 e. The number of aromatic amines is 1. The van der Waals surface area contributed by atoms with Crippen LogP contribution in [0.25, 0.3) is 10.9 Å². The molecule has 0 saturated carbocycles. The zero-order chi connectivity index (χ0) is 12.4. The van der Waals surface area contributed by atoms with Crippen LogP contribution in [0.1, 0.15) is 17.0 Å². The van der Waals surface area contributed by atoms with Crippen molar-refractivity contribution in [2.45, 2.75) is 5.92 Å². The molecule has 3 aromatic rings. The summed E-state index contributed by atoms with van der Waals surface area (Å²) in [4.78, 5) is 7.36. The van der Waals surface area contributed by atoms with Gasteiger partial charge in [-0.25, -0.2) is 0 Å². The monoisotopic (exact) mass is 237 g/mol. The van der Waals surface area contributed by atoms with Gasteiger partial charge >= 0.3 is 0 Å². The molecule has 1 aromatic carbocycles. The first-order chi connectivity index (χ1) is 8.90. The second-order valence-corrected chi connectivity index (χ2v) is 4.36. The van der Waals surface area contributed by atoms with Crippen LogP contribution < -0.4 is 5.73 Å². The van der Waals surface area contributed by atoms with Crippen LogP contribution >= 0.6 is 0 Å². The highest BCUT2D eigenvalue weighted by Crippen LogP contribution is 2.29. The van der Waals surface area contributed by atoms with Gasteiger partial charge in [-0.1, -0.05) is 18.2 Å². The highest BCUT2D eigenvalue weighted by atomic mass is 14.7. The third kappa shape index (κ3) is 1.79. The van der Waals surface area contributed by atoms with Gasteiger partial charge in [0.05, 0.1) is 0 Å². The summed E-state index contributed by atoms with van der Waals surface area (Å²) in [5.74, 6) is 0.212. The van der Waals surface area contributed by atoms with E-state index in [1.165, 1.54) is 16.5 Å². The van der Waals surface area contributed by atoms with Gasteiger partial charge in [-0.05, 0) is 29.3 Å². The number of nitrogens with two attached hydrogens (primary N) is 1. The number of hydrogen-bond donors (Lipinski definition) is 2. The molecular weight excluding hydrogens is 222 g/mol. The van der Waals surface area contributed by atoms with Gasteiger partial charge in [0.2, 0.25) is 0 Å². The van der Waals surface area contributed by atoms with Crippen molar-refractivity contribution in [2.75, 3.05) is 6.54 Å². The zero-order valence-corrected chi connectivity index (χ0v) is 10.0. The van der Waals surface area contributed by atoms with Gasteiger partial charge in [0.15, 0.2) is 0 Å². The molecule has 0 aliphatic carbocycles. The number of nitrogens with one attached hydrogen (secondary N) is 1. The second-order valence-electron chi connectivity index (χ2n) is 4.36. The van der Waals surface area contributed by atoms with E-state index >= 15 is 0 Å². The number of nitrogens with zero attached hydrogens (tertiary/aromatic N) is 1. The standard InChI is InChI=1S/C15H15N3/c16-9-13(11-5-7-17-8-6-11)14-10-18-15-4-2-1-3-12(14)15/h1-8,10,13,18H,9,16H2.